The SMILES string of the molecule is COc1ccc(CSCC(=O)N(Cc2ccc(Cl)c(Cl)c2)C(C)C(=O)NC2CCCCC2)cc1. The number of nitrogens with zero attached hydrogens (tertiary/aromatic N) is 1. The third kappa shape index (κ3) is 7.82. The average Bonchev–Trinajstić information content (AvgIpc) is 2.85. The number of rotatable bonds is 10. The Balaban J connectivity index is 1.66. The minimum absolute atomic E-state index is 0.0871. The van der Waals surface area contributed by atoms with Crippen molar-refractivity contribution in [3.05, 3.63) is 63.6 Å². The van der Waals surface area contributed by atoms with Gasteiger partial charge < -0.3 is 15.0 Å². The van der Waals surface area contributed by atoms with E-state index in [4.69, 9.17) is 27.9 Å². The van der Waals surface area contributed by atoms with Gasteiger partial charge in [-0.25, -0.2) is 0 Å². The van der Waals surface area contributed by atoms with E-state index in [2.05, 4.69) is 5.32 Å². The molecule has 8 heteroatoms. The molecule has 184 valence electrons. The highest BCUT2D eigenvalue weighted by Gasteiger charge is 2.28. The van der Waals surface area contributed by atoms with Crippen molar-refractivity contribution in [1.82, 2.24) is 10.2 Å². The number of halogens is 2. The second kappa shape index (κ2) is 13.3. The molecule has 2 aromatic carbocycles. The molecule has 2 aromatic rings. The fourth-order valence-electron chi connectivity index (χ4n) is 4.05. The minimum Gasteiger partial charge on any atom is -0.497 e. The molecule has 1 saturated carbocycles. The molecule has 0 saturated heterocycles. The van der Waals surface area contributed by atoms with Crippen LogP contribution in [0.25, 0.3) is 0 Å². The first kappa shape index (κ1) is 26.7. The molecule has 3 rings (SSSR count). The van der Waals surface area contributed by atoms with Crippen molar-refractivity contribution in [3.8, 4) is 5.75 Å². The number of carbonyl (C=O) groups excluding carboxylic acids is 2. The lowest BCUT2D eigenvalue weighted by atomic mass is 9.95. The van der Waals surface area contributed by atoms with Crippen LogP contribution in [0, 0.1) is 0 Å². The zero-order valence-electron chi connectivity index (χ0n) is 19.7. The highest BCUT2D eigenvalue weighted by Crippen LogP contribution is 2.25. The number of ether oxygens (including phenoxy) is 1. The zero-order chi connectivity index (χ0) is 24.5. The van der Waals surface area contributed by atoms with E-state index in [1.54, 1.807) is 31.1 Å². The molecule has 1 aliphatic rings. The van der Waals surface area contributed by atoms with Crippen LogP contribution in [0.3, 0.4) is 0 Å². The standard InChI is InChI=1S/C26H32Cl2N2O3S/c1-18(26(32)29-21-6-4-3-5-7-21)30(15-20-10-13-23(27)24(28)14-20)25(31)17-34-16-19-8-11-22(33-2)12-9-19/h8-14,18,21H,3-7,15-17H2,1-2H3,(H,29,32). The molecule has 1 unspecified atom stereocenters. The lowest BCUT2D eigenvalue weighted by Gasteiger charge is -2.31. The van der Waals surface area contributed by atoms with Crippen molar-refractivity contribution >= 4 is 46.8 Å². The van der Waals surface area contributed by atoms with E-state index in [-0.39, 0.29) is 30.2 Å². The van der Waals surface area contributed by atoms with Gasteiger partial charge in [0.15, 0.2) is 0 Å². The Labute approximate surface area is 216 Å². The van der Waals surface area contributed by atoms with Crippen LogP contribution < -0.4 is 10.1 Å². The van der Waals surface area contributed by atoms with Gasteiger partial charge in [0, 0.05) is 18.3 Å². The van der Waals surface area contributed by atoms with Gasteiger partial charge in [0.2, 0.25) is 11.8 Å². The van der Waals surface area contributed by atoms with Crippen LogP contribution in [-0.2, 0) is 21.9 Å². The zero-order valence-corrected chi connectivity index (χ0v) is 22.0. The lowest BCUT2D eigenvalue weighted by Crippen LogP contribution is -2.50. The van der Waals surface area contributed by atoms with Crippen LogP contribution in [0.2, 0.25) is 10.0 Å². The Morgan fingerprint density at radius 2 is 1.74 bits per heavy atom. The summed E-state index contributed by atoms with van der Waals surface area (Å²) in [5, 5.41) is 4.04. The molecule has 1 N–H and O–H groups in total. The summed E-state index contributed by atoms with van der Waals surface area (Å²) >= 11 is 13.8. The molecule has 2 amide bonds. The number of hydrogen-bond donors (Lipinski definition) is 1. The molecule has 1 aliphatic carbocycles. The molecule has 0 heterocycles. The van der Waals surface area contributed by atoms with E-state index < -0.39 is 6.04 Å². The van der Waals surface area contributed by atoms with Gasteiger partial charge in [0.25, 0.3) is 0 Å². The number of carbonyl (C=O) groups is 2. The smallest absolute Gasteiger partial charge is 0.242 e. The predicted molar refractivity (Wildman–Crippen MR) is 141 cm³/mol. The van der Waals surface area contributed by atoms with Crippen LogP contribution in [0.5, 0.6) is 5.75 Å². The second-order valence-electron chi connectivity index (χ2n) is 8.63. The molecule has 0 spiro atoms. The Bertz CT molecular complexity index is 965. The van der Waals surface area contributed by atoms with E-state index in [9.17, 15) is 9.59 Å². The summed E-state index contributed by atoms with van der Waals surface area (Å²) in [7, 11) is 1.64. The molecule has 1 atom stereocenters. The van der Waals surface area contributed by atoms with Gasteiger partial charge in [0.05, 0.1) is 22.9 Å². The molecule has 34 heavy (non-hydrogen) atoms. The van der Waals surface area contributed by atoms with Gasteiger partial charge in [-0.2, -0.15) is 0 Å². The van der Waals surface area contributed by atoms with Gasteiger partial charge in [-0.15, -0.1) is 11.8 Å². The van der Waals surface area contributed by atoms with Crippen LogP contribution >= 0.6 is 35.0 Å². The summed E-state index contributed by atoms with van der Waals surface area (Å²) in [5.41, 5.74) is 1.94. The van der Waals surface area contributed by atoms with Crippen LogP contribution in [0.4, 0.5) is 0 Å². The Hall–Kier alpha value is -1.89. The molecule has 0 aliphatic heterocycles. The molecular formula is C26H32Cl2N2O3S. The minimum atomic E-state index is -0.592. The van der Waals surface area contributed by atoms with E-state index >= 15 is 0 Å². The number of amides is 2. The van der Waals surface area contributed by atoms with Crippen molar-refractivity contribution in [2.24, 2.45) is 0 Å². The lowest BCUT2D eigenvalue weighted by molar-refractivity contribution is -0.139. The first-order valence-electron chi connectivity index (χ1n) is 11.6. The number of nitrogens with one attached hydrogen (secondary N) is 1. The average molecular weight is 524 g/mol. The molecule has 0 radical (unpaired) electrons. The molecule has 0 aromatic heterocycles. The van der Waals surface area contributed by atoms with Crippen molar-refractivity contribution in [2.45, 2.75) is 63.4 Å². The van der Waals surface area contributed by atoms with Crippen LogP contribution in [0.1, 0.15) is 50.2 Å². The van der Waals surface area contributed by atoms with Gasteiger partial charge in [-0.1, -0.05) is 60.7 Å². The first-order valence-corrected chi connectivity index (χ1v) is 13.5. The monoisotopic (exact) mass is 522 g/mol. The normalized spacial score (nSPS) is 14.9. The Morgan fingerprint density at radius 1 is 1.06 bits per heavy atom. The summed E-state index contributed by atoms with van der Waals surface area (Å²) in [6.07, 6.45) is 5.48. The van der Waals surface area contributed by atoms with Crippen LogP contribution in [0.15, 0.2) is 42.5 Å². The number of methoxy groups -OCH3 is 1. The fourth-order valence-corrected chi connectivity index (χ4v) is 5.24. The number of thioether (sulfide) groups is 1. The van der Waals surface area contributed by atoms with Gasteiger partial charge in [-0.3, -0.25) is 9.59 Å². The van der Waals surface area contributed by atoms with Gasteiger partial charge in [0.1, 0.15) is 11.8 Å². The highest BCUT2D eigenvalue weighted by atomic mass is 35.5. The summed E-state index contributed by atoms with van der Waals surface area (Å²) in [5.74, 6) is 1.57. The molecular weight excluding hydrogens is 491 g/mol. The Morgan fingerprint density at radius 3 is 2.38 bits per heavy atom. The fraction of sp³-hybridized carbons (Fsp3) is 0.462. The summed E-state index contributed by atoms with van der Waals surface area (Å²) < 4.78 is 5.20. The van der Waals surface area contributed by atoms with Crippen molar-refractivity contribution in [3.63, 3.8) is 0 Å². The number of benzene rings is 2. The van der Waals surface area contributed by atoms with E-state index in [0.29, 0.717) is 15.8 Å². The van der Waals surface area contributed by atoms with Crippen molar-refractivity contribution in [2.75, 3.05) is 12.9 Å². The molecule has 0 bridgehead atoms. The molecule has 1 fully saturated rings. The van der Waals surface area contributed by atoms with Gasteiger partial charge in [-0.05, 0) is 55.2 Å². The highest BCUT2D eigenvalue weighted by molar-refractivity contribution is 7.99. The van der Waals surface area contributed by atoms with Crippen molar-refractivity contribution < 1.29 is 14.3 Å². The number of hydrogen-bond acceptors (Lipinski definition) is 4. The van der Waals surface area contributed by atoms with E-state index in [0.717, 1.165) is 42.6 Å². The third-order valence-electron chi connectivity index (χ3n) is 6.11. The summed E-state index contributed by atoms with van der Waals surface area (Å²) in [6, 6.07) is 12.7. The molecule has 5 nitrogen and oxygen atoms in total. The topological polar surface area (TPSA) is 58.6 Å². The summed E-state index contributed by atoms with van der Waals surface area (Å²) in [4.78, 5) is 28.0. The first-order chi connectivity index (χ1) is 16.4. The van der Waals surface area contributed by atoms with Crippen LogP contribution in [-0.4, -0.2) is 41.7 Å². The van der Waals surface area contributed by atoms with E-state index in [1.807, 2.05) is 30.3 Å². The van der Waals surface area contributed by atoms with Gasteiger partial charge >= 0.3 is 0 Å². The second-order valence-corrected chi connectivity index (χ2v) is 10.4. The maximum Gasteiger partial charge on any atom is 0.242 e. The van der Waals surface area contributed by atoms with Crippen molar-refractivity contribution in [1.29, 1.82) is 0 Å². The summed E-state index contributed by atoms with van der Waals surface area (Å²) in [6.45, 7) is 2.08. The maximum atomic E-state index is 13.3. The van der Waals surface area contributed by atoms with E-state index in [1.165, 1.54) is 18.2 Å². The maximum absolute atomic E-state index is 13.3. The third-order valence-corrected chi connectivity index (χ3v) is 7.84. The predicted octanol–water partition coefficient (Wildman–Crippen LogP) is 6.10. The quantitative estimate of drug-likeness (QED) is 0.409. The Kier molecular flexibility index (Phi) is 10.4. The largest absolute Gasteiger partial charge is 0.497 e.